The minimum absolute atomic E-state index is 0.0910. The summed E-state index contributed by atoms with van der Waals surface area (Å²) in [7, 11) is 0. The average Bonchev–Trinajstić information content (AvgIpc) is 2.92. The third-order valence-corrected chi connectivity index (χ3v) is 3.41. The fourth-order valence-electron chi connectivity index (χ4n) is 1.58. The van der Waals surface area contributed by atoms with Gasteiger partial charge in [0, 0.05) is 10.6 Å². The van der Waals surface area contributed by atoms with E-state index >= 15 is 0 Å². The molecule has 0 fully saturated rings. The molecule has 2 aromatic rings. The molecule has 1 aromatic heterocycles. The number of hydrogen-bond donors (Lipinski definition) is 2. The maximum atomic E-state index is 13.4. The van der Waals surface area contributed by atoms with Gasteiger partial charge in [-0.2, -0.15) is 0 Å². The van der Waals surface area contributed by atoms with E-state index in [1.165, 1.54) is 18.2 Å². The van der Waals surface area contributed by atoms with Gasteiger partial charge in [0.25, 0.3) is 0 Å². The van der Waals surface area contributed by atoms with Crippen molar-refractivity contribution in [2.75, 3.05) is 17.7 Å². The molecule has 1 heterocycles. The number of rotatable bonds is 6. The van der Waals surface area contributed by atoms with Crippen LogP contribution in [0.15, 0.2) is 35.7 Å². The first-order valence-electron chi connectivity index (χ1n) is 6.10. The highest BCUT2D eigenvalue weighted by Gasteiger charge is 2.07. The highest BCUT2D eigenvalue weighted by atomic mass is 32.1. The van der Waals surface area contributed by atoms with Crippen LogP contribution in [0.3, 0.4) is 0 Å². The number of nitrogens with one attached hydrogen (secondary N) is 1. The van der Waals surface area contributed by atoms with Crippen LogP contribution in [0.2, 0.25) is 0 Å². The molecule has 0 spiro atoms. The molecule has 0 radical (unpaired) electrons. The second kappa shape index (κ2) is 7.02. The number of thiophene rings is 1. The Hall–Kier alpha value is -1.92. The number of carbonyl (C=O) groups excluding carboxylic acids is 1. The second-order valence-electron chi connectivity index (χ2n) is 4.17. The number of carbonyl (C=O) groups is 1. The third kappa shape index (κ3) is 4.32. The number of nitrogens with two attached hydrogens (primary N) is 1. The van der Waals surface area contributed by atoms with Crippen molar-refractivity contribution in [1.29, 1.82) is 0 Å². The maximum absolute atomic E-state index is 13.4. The summed E-state index contributed by atoms with van der Waals surface area (Å²) in [6.07, 6.45) is 0.166. The second-order valence-corrected chi connectivity index (χ2v) is 5.20. The number of halogens is 1. The Bertz CT molecular complexity index is 573. The average molecular weight is 294 g/mol. The van der Waals surface area contributed by atoms with Crippen molar-refractivity contribution in [2.24, 2.45) is 0 Å². The Morgan fingerprint density at radius 1 is 1.40 bits per heavy atom. The highest BCUT2D eigenvalue weighted by molar-refractivity contribution is 7.09. The molecule has 20 heavy (non-hydrogen) atoms. The number of nitrogen functional groups attached to an aromatic ring is 1. The van der Waals surface area contributed by atoms with E-state index in [9.17, 15) is 9.18 Å². The third-order valence-electron chi connectivity index (χ3n) is 2.56. The van der Waals surface area contributed by atoms with Gasteiger partial charge in [0.05, 0.1) is 25.3 Å². The predicted octanol–water partition coefficient (Wildman–Crippen LogP) is 3.01. The van der Waals surface area contributed by atoms with Gasteiger partial charge in [0.1, 0.15) is 5.82 Å². The van der Waals surface area contributed by atoms with Gasteiger partial charge in [-0.1, -0.05) is 6.07 Å². The van der Waals surface area contributed by atoms with Crippen molar-refractivity contribution in [3.63, 3.8) is 0 Å². The monoisotopic (exact) mass is 294 g/mol. The summed E-state index contributed by atoms with van der Waals surface area (Å²) in [5.41, 5.74) is 6.03. The summed E-state index contributed by atoms with van der Waals surface area (Å²) < 4.78 is 18.8. The zero-order chi connectivity index (χ0) is 14.4. The fourth-order valence-corrected chi connectivity index (χ4v) is 2.22. The van der Waals surface area contributed by atoms with E-state index in [2.05, 4.69) is 5.32 Å². The lowest BCUT2D eigenvalue weighted by atomic mass is 10.2. The number of anilines is 2. The van der Waals surface area contributed by atoms with E-state index in [1.807, 2.05) is 17.5 Å². The molecular formula is C14H15FN2O2S. The van der Waals surface area contributed by atoms with Gasteiger partial charge in [-0.15, -0.1) is 11.3 Å². The molecule has 0 aliphatic rings. The molecule has 1 aromatic carbocycles. The molecule has 106 valence electrons. The molecule has 0 unspecified atom stereocenters. The molecule has 3 N–H and O–H groups in total. The number of benzene rings is 1. The Balaban J connectivity index is 1.73. The van der Waals surface area contributed by atoms with Crippen molar-refractivity contribution in [1.82, 2.24) is 0 Å². The lowest BCUT2D eigenvalue weighted by Gasteiger charge is -2.07. The first-order chi connectivity index (χ1) is 9.65. The Morgan fingerprint density at radius 3 is 3.00 bits per heavy atom. The van der Waals surface area contributed by atoms with E-state index in [1.54, 1.807) is 11.3 Å². The molecule has 0 aliphatic carbocycles. The van der Waals surface area contributed by atoms with Crippen LogP contribution >= 0.6 is 11.3 Å². The Kier molecular flexibility index (Phi) is 5.09. The van der Waals surface area contributed by atoms with Crippen LogP contribution < -0.4 is 11.1 Å². The molecule has 0 aliphatic heterocycles. The lowest BCUT2D eigenvalue weighted by molar-refractivity contribution is -0.117. The van der Waals surface area contributed by atoms with E-state index in [4.69, 9.17) is 10.5 Å². The van der Waals surface area contributed by atoms with Gasteiger partial charge in [-0.25, -0.2) is 4.39 Å². The van der Waals surface area contributed by atoms with E-state index in [0.717, 1.165) is 4.88 Å². The first-order valence-corrected chi connectivity index (χ1v) is 6.98. The van der Waals surface area contributed by atoms with Crippen LogP contribution in [0.25, 0.3) is 0 Å². The van der Waals surface area contributed by atoms with Crippen molar-refractivity contribution in [2.45, 2.75) is 13.0 Å². The van der Waals surface area contributed by atoms with Crippen LogP contribution in [0.5, 0.6) is 0 Å². The minimum atomic E-state index is -0.507. The van der Waals surface area contributed by atoms with E-state index in [-0.39, 0.29) is 24.6 Å². The lowest BCUT2D eigenvalue weighted by Crippen LogP contribution is -2.15. The molecule has 0 saturated carbocycles. The van der Waals surface area contributed by atoms with Gasteiger partial charge in [0.2, 0.25) is 5.91 Å². The van der Waals surface area contributed by atoms with Gasteiger partial charge >= 0.3 is 0 Å². The van der Waals surface area contributed by atoms with Gasteiger partial charge in [0.15, 0.2) is 0 Å². The molecule has 1 amide bonds. The van der Waals surface area contributed by atoms with Crippen LogP contribution in [0.1, 0.15) is 11.3 Å². The van der Waals surface area contributed by atoms with Crippen molar-refractivity contribution >= 4 is 28.6 Å². The Labute approximate surface area is 120 Å². The van der Waals surface area contributed by atoms with Gasteiger partial charge in [-0.05, 0) is 29.6 Å². The minimum Gasteiger partial charge on any atom is -0.399 e. The Morgan fingerprint density at radius 2 is 2.25 bits per heavy atom. The highest BCUT2D eigenvalue weighted by Crippen LogP contribution is 2.17. The molecule has 4 nitrogen and oxygen atoms in total. The zero-order valence-corrected chi connectivity index (χ0v) is 11.6. The first kappa shape index (κ1) is 14.5. The summed E-state index contributed by atoms with van der Waals surface area (Å²) in [5, 5.41) is 4.44. The molecule has 0 saturated heterocycles. The predicted molar refractivity (Wildman–Crippen MR) is 78.0 cm³/mol. The van der Waals surface area contributed by atoms with Crippen molar-refractivity contribution in [3.05, 3.63) is 46.4 Å². The van der Waals surface area contributed by atoms with Crippen LogP contribution in [-0.4, -0.2) is 12.5 Å². The van der Waals surface area contributed by atoms with Crippen LogP contribution in [0.4, 0.5) is 15.8 Å². The van der Waals surface area contributed by atoms with Crippen molar-refractivity contribution in [3.8, 4) is 0 Å². The van der Waals surface area contributed by atoms with Crippen LogP contribution in [0, 0.1) is 5.82 Å². The molecular weight excluding hydrogens is 279 g/mol. The quantitative estimate of drug-likeness (QED) is 0.636. The maximum Gasteiger partial charge on any atom is 0.226 e. The number of ether oxygens (including phenoxy) is 1. The SMILES string of the molecule is Nc1ccc(F)c(NC(=O)CCOCc2cccs2)c1. The van der Waals surface area contributed by atoms with Gasteiger partial charge < -0.3 is 15.8 Å². The smallest absolute Gasteiger partial charge is 0.226 e. The van der Waals surface area contributed by atoms with E-state index in [0.29, 0.717) is 12.3 Å². The number of amides is 1. The summed E-state index contributed by atoms with van der Waals surface area (Å²) >= 11 is 1.60. The van der Waals surface area contributed by atoms with Crippen LogP contribution in [-0.2, 0) is 16.1 Å². The van der Waals surface area contributed by atoms with Crippen molar-refractivity contribution < 1.29 is 13.9 Å². The summed E-state index contributed by atoms with van der Waals surface area (Å²) in [4.78, 5) is 12.7. The molecule has 2 rings (SSSR count). The standard InChI is InChI=1S/C14H15FN2O2S/c15-12-4-3-10(16)8-13(12)17-14(18)5-6-19-9-11-2-1-7-20-11/h1-4,7-8H,5-6,9,16H2,(H,17,18). The van der Waals surface area contributed by atoms with Gasteiger partial charge in [-0.3, -0.25) is 4.79 Å². The molecule has 0 bridgehead atoms. The summed E-state index contributed by atoms with van der Waals surface area (Å²) in [5.74, 6) is -0.812. The summed E-state index contributed by atoms with van der Waals surface area (Å²) in [6.45, 7) is 0.769. The molecule has 6 heteroatoms. The van der Waals surface area contributed by atoms with E-state index < -0.39 is 5.82 Å². The zero-order valence-electron chi connectivity index (χ0n) is 10.8. The number of hydrogen-bond acceptors (Lipinski definition) is 4. The fraction of sp³-hybridized carbons (Fsp3) is 0.214. The normalized spacial score (nSPS) is 10.4. The largest absolute Gasteiger partial charge is 0.399 e. The molecule has 0 atom stereocenters. The topological polar surface area (TPSA) is 64.3 Å². The summed E-state index contributed by atoms with van der Waals surface area (Å²) in [6, 6.07) is 7.96.